The summed E-state index contributed by atoms with van der Waals surface area (Å²) in [5, 5.41) is 13.0. The molecule has 0 aliphatic carbocycles. The molecule has 2 heterocycles. The third-order valence-corrected chi connectivity index (χ3v) is 4.27. The number of carboxylic acids is 1. The van der Waals surface area contributed by atoms with Crippen molar-refractivity contribution in [2.24, 2.45) is 0 Å². The smallest absolute Gasteiger partial charge is 0.327 e. The van der Waals surface area contributed by atoms with E-state index >= 15 is 0 Å². The van der Waals surface area contributed by atoms with Crippen LogP contribution in [0.25, 0.3) is 0 Å². The fraction of sp³-hybridized carbons (Fsp3) is 0.929. The average molecular weight is 271 g/mol. The minimum Gasteiger partial charge on any atom is -0.480 e. The summed E-state index contributed by atoms with van der Waals surface area (Å²) in [7, 11) is 0. The van der Waals surface area contributed by atoms with E-state index < -0.39 is 22.7 Å². The molecule has 2 aliphatic heterocycles. The van der Waals surface area contributed by atoms with Crippen molar-refractivity contribution in [1.82, 2.24) is 5.32 Å². The van der Waals surface area contributed by atoms with Gasteiger partial charge in [-0.15, -0.1) is 0 Å². The zero-order valence-corrected chi connectivity index (χ0v) is 12.3. The van der Waals surface area contributed by atoms with Crippen LogP contribution >= 0.6 is 0 Å². The van der Waals surface area contributed by atoms with Crippen molar-refractivity contribution in [3.63, 3.8) is 0 Å². The maximum absolute atomic E-state index is 11.8. The molecule has 2 rings (SSSR count). The highest BCUT2D eigenvalue weighted by atomic mass is 16.5. The molecule has 0 bridgehead atoms. The predicted octanol–water partition coefficient (Wildman–Crippen LogP) is 1.56. The second kappa shape index (κ2) is 4.72. The van der Waals surface area contributed by atoms with Gasteiger partial charge in [0.05, 0.1) is 17.3 Å². The van der Waals surface area contributed by atoms with Gasteiger partial charge in [-0.3, -0.25) is 10.1 Å². The molecule has 0 aromatic carbocycles. The number of rotatable bonds is 4. The first kappa shape index (κ1) is 14.8. The maximum Gasteiger partial charge on any atom is 0.327 e. The second-order valence-electron chi connectivity index (χ2n) is 6.78. The highest BCUT2D eigenvalue weighted by molar-refractivity contribution is 5.81. The van der Waals surface area contributed by atoms with Crippen molar-refractivity contribution in [3.8, 4) is 0 Å². The first-order valence-corrected chi connectivity index (χ1v) is 6.99. The molecule has 0 spiro atoms. The molecule has 0 aromatic heterocycles. The lowest BCUT2D eigenvalue weighted by atomic mass is 9.79. The van der Waals surface area contributed by atoms with Gasteiger partial charge >= 0.3 is 5.97 Å². The van der Waals surface area contributed by atoms with Crippen LogP contribution in [-0.2, 0) is 14.3 Å². The predicted molar refractivity (Wildman–Crippen MR) is 71.2 cm³/mol. The Morgan fingerprint density at radius 3 is 2.47 bits per heavy atom. The first-order chi connectivity index (χ1) is 8.69. The van der Waals surface area contributed by atoms with E-state index in [4.69, 9.17) is 9.47 Å². The molecule has 2 atom stereocenters. The summed E-state index contributed by atoms with van der Waals surface area (Å²) in [6.45, 7) is 8.91. The van der Waals surface area contributed by atoms with Crippen molar-refractivity contribution in [2.45, 2.75) is 69.8 Å². The van der Waals surface area contributed by atoms with Crippen LogP contribution in [0.3, 0.4) is 0 Å². The van der Waals surface area contributed by atoms with E-state index in [9.17, 15) is 9.90 Å². The van der Waals surface area contributed by atoms with Crippen molar-refractivity contribution < 1.29 is 19.4 Å². The van der Waals surface area contributed by atoms with Gasteiger partial charge in [-0.05, 0) is 40.5 Å². The molecule has 0 amide bonds. The van der Waals surface area contributed by atoms with E-state index in [0.717, 1.165) is 19.4 Å². The van der Waals surface area contributed by atoms with Crippen LogP contribution in [0, 0.1) is 0 Å². The molecule has 2 saturated heterocycles. The van der Waals surface area contributed by atoms with Gasteiger partial charge in [0.25, 0.3) is 0 Å². The van der Waals surface area contributed by atoms with Crippen molar-refractivity contribution >= 4 is 5.97 Å². The molecule has 0 radical (unpaired) electrons. The number of hydrogen-bond acceptors (Lipinski definition) is 4. The fourth-order valence-corrected chi connectivity index (χ4v) is 3.44. The molecule has 0 aromatic rings. The monoisotopic (exact) mass is 271 g/mol. The fourth-order valence-electron chi connectivity index (χ4n) is 3.44. The van der Waals surface area contributed by atoms with Gasteiger partial charge in [-0.25, -0.2) is 0 Å². The van der Waals surface area contributed by atoms with Gasteiger partial charge in [-0.1, -0.05) is 0 Å². The summed E-state index contributed by atoms with van der Waals surface area (Å²) in [5.41, 5.74) is -2.24. The number of carbonyl (C=O) groups is 1. The lowest BCUT2D eigenvalue weighted by molar-refractivity contribution is -0.154. The van der Waals surface area contributed by atoms with Crippen LogP contribution in [0.1, 0.15) is 47.0 Å². The normalized spacial score (nSPS) is 36.5. The van der Waals surface area contributed by atoms with Gasteiger partial charge in [0.15, 0.2) is 0 Å². The molecule has 5 nitrogen and oxygen atoms in total. The van der Waals surface area contributed by atoms with E-state index in [1.54, 1.807) is 0 Å². The van der Waals surface area contributed by atoms with Crippen LogP contribution in [0.4, 0.5) is 0 Å². The van der Waals surface area contributed by atoms with Crippen LogP contribution < -0.4 is 5.32 Å². The number of carboxylic acid groups (broad SMARTS) is 1. The van der Waals surface area contributed by atoms with Gasteiger partial charge in [0.2, 0.25) is 0 Å². The molecule has 2 unspecified atom stereocenters. The molecule has 2 N–H and O–H groups in total. The molecule has 0 saturated carbocycles. The minimum atomic E-state index is -1.05. The summed E-state index contributed by atoms with van der Waals surface area (Å²) >= 11 is 0. The van der Waals surface area contributed by atoms with Gasteiger partial charge in [0, 0.05) is 19.6 Å². The standard InChI is InChI=1S/C14H25NO4/c1-12(2)9-14(11(16)17,13(3,4)19-12)15-8-10-6-5-7-18-10/h10,15H,5-9H2,1-4H3,(H,16,17). The minimum absolute atomic E-state index is 0.121. The molecule has 2 fully saturated rings. The second-order valence-corrected chi connectivity index (χ2v) is 6.78. The maximum atomic E-state index is 11.8. The summed E-state index contributed by atoms with van der Waals surface area (Å²) in [6, 6.07) is 0. The summed E-state index contributed by atoms with van der Waals surface area (Å²) in [5.74, 6) is -0.846. The molecular weight excluding hydrogens is 246 g/mol. The summed E-state index contributed by atoms with van der Waals surface area (Å²) in [6.07, 6.45) is 2.62. The Hall–Kier alpha value is -0.650. The number of ether oxygens (including phenoxy) is 2. The Morgan fingerprint density at radius 2 is 2.05 bits per heavy atom. The Kier molecular flexibility index (Phi) is 3.66. The third-order valence-electron chi connectivity index (χ3n) is 4.27. The number of aliphatic carboxylic acids is 1. The van der Waals surface area contributed by atoms with E-state index in [1.807, 2.05) is 27.7 Å². The topological polar surface area (TPSA) is 67.8 Å². The summed E-state index contributed by atoms with van der Waals surface area (Å²) < 4.78 is 11.5. The van der Waals surface area contributed by atoms with Crippen molar-refractivity contribution in [2.75, 3.05) is 13.2 Å². The van der Waals surface area contributed by atoms with E-state index in [-0.39, 0.29) is 6.10 Å². The molecule has 19 heavy (non-hydrogen) atoms. The van der Waals surface area contributed by atoms with E-state index in [1.165, 1.54) is 0 Å². The third kappa shape index (κ3) is 2.64. The van der Waals surface area contributed by atoms with Crippen molar-refractivity contribution in [3.05, 3.63) is 0 Å². The van der Waals surface area contributed by atoms with Crippen LogP contribution in [0.15, 0.2) is 0 Å². The summed E-state index contributed by atoms with van der Waals surface area (Å²) in [4.78, 5) is 11.8. The van der Waals surface area contributed by atoms with E-state index in [2.05, 4.69) is 5.32 Å². The zero-order valence-electron chi connectivity index (χ0n) is 12.3. The quantitative estimate of drug-likeness (QED) is 0.812. The SMILES string of the molecule is CC1(C)CC(NCC2CCCO2)(C(=O)O)C(C)(C)O1. The van der Waals surface area contributed by atoms with Gasteiger partial charge in [-0.2, -0.15) is 0 Å². The average Bonchev–Trinajstić information content (AvgIpc) is 2.79. The van der Waals surface area contributed by atoms with Gasteiger partial charge in [0.1, 0.15) is 5.54 Å². The highest BCUT2D eigenvalue weighted by Crippen LogP contribution is 2.45. The Balaban J connectivity index is 2.15. The van der Waals surface area contributed by atoms with E-state index in [0.29, 0.717) is 13.0 Å². The first-order valence-electron chi connectivity index (χ1n) is 6.99. The number of nitrogens with one attached hydrogen (secondary N) is 1. The Labute approximate surface area is 114 Å². The number of hydrogen-bond donors (Lipinski definition) is 2. The largest absolute Gasteiger partial charge is 0.480 e. The zero-order chi connectivity index (χ0) is 14.3. The van der Waals surface area contributed by atoms with Crippen LogP contribution in [0.2, 0.25) is 0 Å². The molecule has 110 valence electrons. The molecular formula is C14H25NO4. The molecule has 2 aliphatic rings. The lowest BCUT2D eigenvalue weighted by Crippen LogP contribution is -2.63. The highest BCUT2D eigenvalue weighted by Gasteiger charge is 2.62. The Bertz CT molecular complexity index is 360. The van der Waals surface area contributed by atoms with Crippen LogP contribution in [-0.4, -0.2) is 47.1 Å². The Morgan fingerprint density at radius 1 is 1.37 bits per heavy atom. The van der Waals surface area contributed by atoms with Gasteiger partial charge < -0.3 is 14.6 Å². The molecule has 5 heteroatoms. The van der Waals surface area contributed by atoms with Crippen molar-refractivity contribution in [1.29, 1.82) is 0 Å². The lowest BCUT2D eigenvalue weighted by Gasteiger charge is -2.37. The van der Waals surface area contributed by atoms with Crippen LogP contribution in [0.5, 0.6) is 0 Å².